The normalized spacial score (nSPS) is 14.1. The predicted molar refractivity (Wildman–Crippen MR) is 134 cm³/mol. The summed E-state index contributed by atoms with van der Waals surface area (Å²) >= 11 is 2.87. The lowest BCUT2D eigenvalue weighted by Crippen LogP contribution is -2.31. The van der Waals surface area contributed by atoms with Crippen molar-refractivity contribution in [2.75, 3.05) is 7.11 Å². The Morgan fingerprint density at radius 2 is 2.09 bits per heavy atom. The van der Waals surface area contributed by atoms with Gasteiger partial charge in [0.05, 0.1) is 36.2 Å². The minimum Gasteiger partial charge on any atom is -0.495 e. The van der Waals surface area contributed by atoms with Crippen molar-refractivity contribution in [2.45, 2.75) is 49.6 Å². The molecule has 0 aliphatic heterocycles. The van der Waals surface area contributed by atoms with E-state index in [4.69, 9.17) is 14.1 Å². The molecule has 7 nitrogen and oxygen atoms in total. The summed E-state index contributed by atoms with van der Waals surface area (Å²) in [6, 6.07) is 11.0. The molecule has 3 heterocycles. The number of hydrogen-bond acceptors (Lipinski definition) is 7. The molecule has 1 aliphatic carbocycles. The molecule has 0 fully saturated rings. The second-order valence-electron chi connectivity index (χ2n) is 8.16. The summed E-state index contributed by atoms with van der Waals surface area (Å²) in [6.45, 7) is 2.12. The maximum atomic E-state index is 13.9. The fraction of sp³-hybridized carbons (Fsp3) is 0.320. The zero-order valence-corrected chi connectivity index (χ0v) is 20.6. The van der Waals surface area contributed by atoms with Crippen LogP contribution in [0.1, 0.15) is 36.0 Å². The largest absolute Gasteiger partial charge is 0.495 e. The molecule has 4 aromatic rings. The number of aryl methyl sites for hydroxylation is 2. The molecule has 1 aliphatic rings. The van der Waals surface area contributed by atoms with Gasteiger partial charge in [-0.25, -0.2) is 4.98 Å². The number of furan rings is 1. The van der Waals surface area contributed by atoms with Gasteiger partial charge in [0.25, 0.3) is 5.56 Å². The van der Waals surface area contributed by atoms with Crippen LogP contribution in [0.2, 0.25) is 0 Å². The van der Waals surface area contributed by atoms with Gasteiger partial charge >= 0.3 is 0 Å². The summed E-state index contributed by atoms with van der Waals surface area (Å²) in [7, 11) is 1.58. The molecule has 34 heavy (non-hydrogen) atoms. The summed E-state index contributed by atoms with van der Waals surface area (Å²) in [5.41, 5.74) is 1.64. The van der Waals surface area contributed by atoms with Gasteiger partial charge in [0.2, 0.25) is 5.91 Å². The number of aromatic nitrogens is 2. The third-order valence-corrected chi connectivity index (χ3v) is 8.19. The van der Waals surface area contributed by atoms with Crippen molar-refractivity contribution in [1.82, 2.24) is 14.9 Å². The summed E-state index contributed by atoms with van der Waals surface area (Å²) in [5.74, 6) is 1.10. The highest BCUT2D eigenvalue weighted by Gasteiger charge is 2.26. The Morgan fingerprint density at radius 3 is 2.88 bits per heavy atom. The number of rotatable bonds is 7. The number of para-hydroxylation sites is 2. The molecular formula is C25H25N3O4S2. The monoisotopic (exact) mass is 495 g/mol. The Kier molecular flexibility index (Phi) is 6.47. The second-order valence-corrected chi connectivity index (χ2v) is 10.5. The summed E-state index contributed by atoms with van der Waals surface area (Å²) in [6.07, 6.45) is 5.67. The van der Waals surface area contributed by atoms with Crippen LogP contribution in [0, 0.1) is 0 Å². The topological polar surface area (TPSA) is 86.4 Å². The molecule has 1 unspecified atom stereocenters. The van der Waals surface area contributed by atoms with Gasteiger partial charge in [0.1, 0.15) is 16.3 Å². The maximum Gasteiger partial charge on any atom is 0.267 e. The van der Waals surface area contributed by atoms with E-state index in [1.54, 1.807) is 35.3 Å². The van der Waals surface area contributed by atoms with Gasteiger partial charge in [-0.3, -0.25) is 14.2 Å². The fourth-order valence-corrected chi connectivity index (χ4v) is 6.48. The molecule has 1 N–H and O–H groups in total. The average Bonchev–Trinajstić information content (AvgIpc) is 3.50. The zero-order valence-electron chi connectivity index (χ0n) is 19.0. The lowest BCUT2D eigenvalue weighted by Gasteiger charge is -2.17. The zero-order chi connectivity index (χ0) is 23.7. The molecule has 1 aromatic carbocycles. The van der Waals surface area contributed by atoms with Crippen LogP contribution in [0.25, 0.3) is 15.9 Å². The van der Waals surface area contributed by atoms with Crippen molar-refractivity contribution < 1.29 is 13.9 Å². The Balaban J connectivity index is 1.57. The van der Waals surface area contributed by atoms with E-state index < -0.39 is 5.25 Å². The van der Waals surface area contributed by atoms with Gasteiger partial charge in [-0.1, -0.05) is 23.9 Å². The third kappa shape index (κ3) is 4.25. The Morgan fingerprint density at radius 1 is 1.26 bits per heavy atom. The van der Waals surface area contributed by atoms with Gasteiger partial charge in [0.15, 0.2) is 5.16 Å². The number of amides is 1. The van der Waals surface area contributed by atoms with E-state index in [0.717, 1.165) is 36.1 Å². The highest BCUT2D eigenvalue weighted by Crippen LogP contribution is 2.36. The highest BCUT2D eigenvalue weighted by atomic mass is 32.2. The van der Waals surface area contributed by atoms with Crippen LogP contribution >= 0.6 is 23.1 Å². The predicted octanol–water partition coefficient (Wildman–Crippen LogP) is 4.72. The molecule has 0 saturated heterocycles. The summed E-state index contributed by atoms with van der Waals surface area (Å²) < 4.78 is 12.5. The number of carbonyl (C=O) groups is 1. The van der Waals surface area contributed by atoms with Crippen molar-refractivity contribution in [3.8, 4) is 11.4 Å². The van der Waals surface area contributed by atoms with Gasteiger partial charge in [0, 0.05) is 4.88 Å². The van der Waals surface area contributed by atoms with Crippen molar-refractivity contribution in [3.05, 3.63) is 69.2 Å². The van der Waals surface area contributed by atoms with E-state index in [1.165, 1.54) is 16.6 Å². The van der Waals surface area contributed by atoms with E-state index in [-0.39, 0.29) is 11.5 Å². The standard InChI is InChI=1S/C25H25N3O4S2/c1-15(22(29)26-14-16-8-7-13-32-16)33-25-27-23-21(17-9-3-6-12-20(17)34-23)24(30)28(25)18-10-4-5-11-19(18)31-2/h4-5,7-8,10-11,13,15H,3,6,9,12,14H2,1-2H3,(H,26,29). The second kappa shape index (κ2) is 9.68. The van der Waals surface area contributed by atoms with Crippen molar-refractivity contribution in [2.24, 2.45) is 0 Å². The van der Waals surface area contributed by atoms with Crippen LogP contribution in [0.4, 0.5) is 0 Å². The van der Waals surface area contributed by atoms with Gasteiger partial charge in [-0.05, 0) is 62.4 Å². The van der Waals surface area contributed by atoms with Gasteiger partial charge in [-0.2, -0.15) is 0 Å². The van der Waals surface area contributed by atoms with Crippen molar-refractivity contribution in [1.29, 1.82) is 0 Å². The Hall–Kier alpha value is -3.04. The molecule has 0 spiro atoms. The first-order valence-electron chi connectivity index (χ1n) is 11.2. The highest BCUT2D eigenvalue weighted by molar-refractivity contribution is 8.00. The molecule has 176 valence electrons. The molecule has 1 amide bonds. The molecule has 5 rings (SSSR count). The first-order valence-corrected chi connectivity index (χ1v) is 12.9. The molecule has 0 saturated carbocycles. The number of carbonyl (C=O) groups excluding carboxylic acids is 1. The van der Waals surface area contributed by atoms with Crippen molar-refractivity contribution >= 4 is 39.2 Å². The Labute approximate surface area is 205 Å². The number of benzene rings is 1. The smallest absolute Gasteiger partial charge is 0.267 e. The van der Waals surface area contributed by atoms with Crippen molar-refractivity contribution in [3.63, 3.8) is 0 Å². The first kappa shape index (κ1) is 22.7. The minimum atomic E-state index is -0.477. The molecule has 0 bridgehead atoms. The number of fused-ring (bicyclic) bond motifs is 3. The third-order valence-electron chi connectivity index (χ3n) is 5.95. The molecule has 1 atom stereocenters. The lowest BCUT2D eigenvalue weighted by molar-refractivity contribution is -0.120. The van der Waals surface area contributed by atoms with E-state index >= 15 is 0 Å². The number of methoxy groups -OCH3 is 1. The van der Waals surface area contributed by atoms with Crippen LogP contribution in [0.3, 0.4) is 0 Å². The molecule has 0 radical (unpaired) electrons. The lowest BCUT2D eigenvalue weighted by atomic mass is 9.97. The van der Waals surface area contributed by atoms with Crippen LogP contribution in [0.15, 0.2) is 57.0 Å². The van der Waals surface area contributed by atoms with Gasteiger partial charge in [-0.15, -0.1) is 11.3 Å². The van der Waals surface area contributed by atoms with E-state index in [2.05, 4.69) is 5.32 Å². The van der Waals surface area contributed by atoms with Crippen LogP contribution in [-0.2, 0) is 24.2 Å². The van der Waals surface area contributed by atoms with Crippen LogP contribution in [0.5, 0.6) is 5.75 Å². The average molecular weight is 496 g/mol. The summed E-state index contributed by atoms with van der Waals surface area (Å²) in [5, 5.41) is 3.58. The maximum absolute atomic E-state index is 13.9. The fourth-order valence-electron chi connectivity index (χ4n) is 4.24. The quantitative estimate of drug-likeness (QED) is 0.295. The number of nitrogens with zero attached hydrogens (tertiary/aromatic N) is 2. The van der Waals surface area contributed by atoms with Crippen LogP contribution in [-0.4, -0.2) is 27.8 Å². The summed E-state index contributed by atoms with van der Waals surface area (Å²) in [4.78, 5) is 33.7. The number of nitrogens with one attached hydrogen (secondary N) is 1. The van der Waals surface area contributed by atoms with Crippen LogP contribution < -0.4 is 15.6 Å². The molecular weight excluding hydrogens is 470 g/mol. The Bertz CT molecular complexity index is 1390. The molecule has 9 heteroatoms. The number of hydrogen-bond donors (Lipinski definition) is 1. The first-order chi connectivity index (χ1) is 16.6. The van der Waals surface area contributed by atoms with E-state index in [0.29, 0.717) is 34.3 Å². The molecule has 3 aromatic heterocycles. The van der Waals surface area contributed by atoms with E-state index in [1.807, 2.05) is 37.3 Å². The van der Waals surface area contributed by atoms with E-state index in [9.17, 15) is 9.59 Å². The SMILES string of the molecule is COc1ccccc1-n1c(SC(C)C(=O)NCc2ccco2)nc2sc3c(c2c1=O)CCCC3. The number of thiophene rings is 1. The number of ether oxygens (including phenoxy) is 1. The number of thioether (sulfide) groups is 1. The minimum absolute atomic E-state index is 0.111. The van der Waals surface area contributed by atoms with Gasteiger partial charge < -0.3 is 14.5 Å².